The summed E-state index contributed by atoms with van der Waals surface area (Å²) in [6.07, 6.45) is -3.23. The maximum absolute atomic E-state index is 12.5. The number of nitrogens with zero attached hydrogens (tertiary/aromatic N) is 2. The zero-order chi connectivity index (χ0) is 19.4. The number of nitrogens with one attached hydrogen (secondary N) is 2. The second-order valence-corrected chi connectivity index (χ2v) is 6.23. The van der Waals surface area contributed by atoms with Crippen LogP contribution in [0.15, 0.2) is 57.7 Å². The molecule has 0 spiro atoms. The number of carbonyl (C=O) groups excluding carboxylic acids is 1. The molecule has 2 heterocycles. The molecule has 3 aromatic rings. The number of aromatic nitrogens is 2. The van der Waals surface area contributed by atoms with Crippen molar-refractivity contribution in [2.24, 2.45) is 5.10 Å². The van der Waals surface area contributed by atoms with Gasteiger partial charge in [-0.2, -0.15) is 23.3 Å². The van der Waals surface area contributed by atoms with E-state index in [2.05, 4.69) is 20.5 Å². The fourth-order valence-corrected chi connectivity index (χ4v) is 2.82. The molecule has 1 amide bonds. The van der Waals surface area contributed by atoms with Gasteiger partial charge in [-0.05, 0) is 35.2 Å². The highest BCUT2D eigenvalue weighted by molar-refractivity contribution is 7.13. The quantitative estimate of drug-likeness (QED) is 0.528. The number of benzene rings is 1. The standard InChI is InChI=1S/C17H11F3N4O2S/c18-17(19,20)11-5-3-10(4-6-11)9-21-24-15(25)13-8-12(22-16(26)23-13)14-2-1-7-27-14/h1-9H,(H,24,25)(H,22,23,26)/b21-9+. The largest absolute Gasteiger partial charge is 0.416 e. The molecule has 2 N–H and O–H groups in total. The number of amides is 1. The molecular formula is C17H11F3N4O2S. The molecule has 0 fully saturated rings. The molecule has 0 atom stereocenters. The maximum Gasteiger partial charge on any atom is 0.416 e. The molecule has 0 saturated carbocycles. The van der Waals surface area contributed by atoms with Crippen LogP contribution in [-0.4, -0.2) is 22.1 Å². The Morgan fingerprint density at radius 1 is 1.22 bits per heavy atom. The number of rotatable bonds is 4. The summed E-state index contributed by atoms with van der Waals surface area (Å²) in [5.41, 5.74) is 1.40. The minimum atomic E-state index is -4.42. The van der Waals surface area contributed by atoms with Crippen LogP contribution in [0.4, 0.5) is 13.2 Å². The summed E-state index contributed by atoms with van der Waals surface area (Å²) in [6, 6.07) is 9.25. The van der Waals surface area contributed by atoms with Gasteiger partial charge in [0.1, 0.15) is 5.69 Å². The normalized spacial score (nSPS) is 11.7. The van der Waals surface area contributed by atoms with E-state index in [1.54, 1.807) is 12.1 Å². The van der Waals surface area contributed by atoms with Crippen LogP contribution in [0.25, 0.3) is 10.6 Å². The van der Waals surface area contributed by atoms with Gasteiger partial charge in [-0.1, -0.05) is 18.2 Å². The van der Waals surface area contributed by atoms with Gasteiger partial charge in [-0.15, -0.1) is 11.3 Å². The smallest absolute Gasteiger partial charge is 0.305 e. The number of H-pyrrole nitrogens is 1. The molecule has 27 heavy (non-hydrogen) atoms. The van der Waals surface area contributed by atoms with E-state index in [-0.39, 0.29) is 5.69 Å². The van der Waals surface area contributed by atoms with Gasteiger partial charge < -0.3 is 4.98 Å². The zero-order valence-electron chi connectivity index (χ0n) is 13.4. The number of alkyl halides is 3. The number of aromatic amines is 1. The first-order valence-corrected chi connectivity index (χ1v) is 8.37. The van der Waals surface area contributed by atoms with E-state index in [4.69, 9.17) is 0 Å². The average Bonchev–Trinajstić information content (AvgIpc) is 3.15. The lowest BCUT2D eigenvalue weighted by atomic mass is 10.1. The van der Waals surface area contributed by atoms with Crippen LogP contribution < -0.4 is 11.1 Å². The molecule has 0 unspecified atom stereocenters. The van der Waals surface area contributed by atoms with Crippen LogP contribution in [0.3, 0.4) is 0 Å². The molecule has 3 rings (SSSR count). The predicted molar refractivity (Wildman–Crippen MR) is 94.7 cm³/mol. The first-order valence-electron chi connectivity index (χ1n) is 7.49. The minimum Gasteiger partial charge on any atom is -0.305 e. The van der Waals surface area contributed by atoms with E-state index in [0.29, 0.717) is 11.3 Å². The third kappa shape index (κ3) is 4.67. The van der Waals surface area contributed by atoms with E-state index in [1.165, 1.54) is 35.8 Å². The molecule has 0 aliphatic carbocycles. The molecule has 1 aromatic carbocycles. The number of carbonyl (C=O) groups is 1. The van der Waals surface area contributed by atoms with Crippen LogP contribution in [0.2, 0.25) is 0 Å². The molecule has 0 saturated heterocycles. The van der Waals surface area contributed by atoms with E-state index < -0.39 is 23.3 Å². The fourth-order valence-electron chi connectivity index (χ4n) is 2.12. The summed E-state index contributed by atoms with van der Waals surface area (Å²) in [6.45, 7) is 0. The molecular weight excluding hydrogens is 381 g/mol. The lowest BCUT2D eigenvalue weighted by molar-refractivity contribution is -0.137. The molecule has 0 radical (unpaired) electrons. The SMILES string of the molecule is O=C(N/N=C/c1ccc(C(F)(F)F)cc1)c1cc(-c2cccs2)[nH]c(=O)n1. The molecule has 10 heteroatoms. The lowest BCUT2D eigenvalue weighted by Gasteiger charge is -2.05. The highest BCUT2D eigenvalue weighted by Gasteiger charge is 2.29. The highest BCUT2D eigenvalue weighted by Crippen LogP contribution is 2.28. The molecule has 6 nitrogen and oxygen atoms in total. The van der Waals surface area contributed by atoms with Gasteiger partial charge in [0.05, 0.1) is 22.3 Å². The van der Waals surface area contributed by atoms with Gasteiger partial charge in [-0.3, -0.25) is 4.79 Å². The van der Waals surface area contributed by atoms with Crippen molar-refractivity contribution in [1.82, 2.24) is 15.4 Å². The van der Waals surface area contributed by atoms with Crippen LogP contribution in [0.5, 0.6) is 0 Å². The van der Waals surface area contributed by atoms with Crippen molar-refractivity contribution in [3.05, 3.63) is 75.1 Å². The van der Waals surface area contributed by atoms with Gasteiger partial charge in [0, 0.05) is 0 Å². The number of thiophene rings is 1. The van der Waals surface area contributed by atoms with Gasteiger partial charge in [0.2, 0.25) is 0 Å². The second-order valence-electron chi connectivity index (χ2n) is 5.28. The van der Waals surface area contributed by atoms with E-state index in [9.17, 15) is 22.8 Å². The second kappa shape index (κ2) is 7.54. The summed E-state index contributed by atoms with van der Waals surface area (Å²) < 4.78 is 37.5. The van der Waals surface area contributed by atoms with E-state index in [1.807, 2.05) is 5.38 Å². The van der Waals surface area contributed by atoms with Crippen molar-refractivity contribution in [2.45, 2.75) is 6.18 Å². The van der Waals surface area contributed by atoms with Crippen molar-refractivity contribution in [3.63, 3.8) is 0 Å². The van der Waals surface area contributed by atoms with Gasteiger partial charge in [0.25, 0.3) is 5.91 Å². The lowest BCUT2D eigenvalue weighted by Crippen LogP contribution is -2.24. The molecule has 0 bridgehead atoms. The summed E-state index contributed by atoms with van der Waals surface area (Å²) in [5.74, 6) is -0.720. The average molecular weight is 392 g/mol. The van der Waals surface area contributed by atoms with Crippen molar-refractivity contribution < 1.29 is 18.0 Å². The van der Waals surface area contributed by atoms with E-state index >= 15 is 0 Å². The Bertz CT molecular complexity index is 1030. The fraction of sp³-hybridized carbons (Fsp3) is 0.0588. The Hall–Kier alpha value is -3.27. The van der Waals surface area contributed by atoms with Crippen molar-refractivity contribution >= 4 is 23.5 Å². The van der Waals surface area contributed by atoms with Crippen LogP contribution in [-0.2, 0) is 6.18 Å². The molecule has 0 aliphatic heterocycles. The van der Waals surface area contributed by atoms with Crippen molar-refractivity contribution in [2.75, 3.05) is 0 Å². The first-order chi connectivity index (χ1) is 12.8. The van der Waals surface area contributed by atoms with Crippen molar-refractivity contribution in [1.29, 1.82) is 0 Å². The van der Waals surface area contributed by atoms with Crippen LogP contribution in [0, 0.1) is 0 Å². The highest BCUT2D eigenvalue weighted by atomic mass is 32.1. The predicted octanol–water partition coefficient (Wildman–Crippen LogP) is 3.28. The third-order valence-corrected chi connectivity index (χ3v) is 4.28. The topological polar surface area (TPSA) is 87.2 Å². The molecule has 2 aromatic heterocycles. The minimum absolute atomic E-state index is 0.133. The van der Waals surface area contributed by atoms with Crippen LogP contribution >= 0.6 is 11.3 Å². The number of hydrogen-bond acceptors (Lipinski definition) is 5. The molecule has 138 valence electrons. The summed E-state index contributed by atoms with van der Waals surface area (Å²) in [7, 11) is 0. The number of hydrogen-bond donors (Lipinski definition) is 2. The van der Waals surface area contributed by atoms with Crippen molar-refractivity contribution in [3.8, 4) is 10.6 Å². The number of halogens is 3. The summed E-state index contributed by atoms with van der Waals surface area (Å²) in [4.78, 5) is 30.6. The molecule has 0 aliphatic rings. The Labute approximate surface area is 154 Å². The zero-order valence-corrected chi connectivity index (χ0v) is 14.3. The Balaban J connectivity index is 1.71. The maximum atomic E-state index is 12.5. The van der Waals surface area contributed by atoms with Gasteiger partial charge >= 0.3 is 11.9 Å². The van der Waals surface area contributed by atoms with Gasteiger partial charge in [0.15, 0.2) is 0 Å². The summed E-state index contributed by atoms with van der Waals surface area (Å²) >= 11 is 1.38. The Kier molecular flexibility index (Phi) is 5.17. The monoisotopic (exact) mass is 392 g/mol. The number of hydrazone groups is 1. The van der Waals surface area contributed by atoms with Gasteiger partial charge in [-0.25, -0.2) is 10.2 Å². The Morgan fingerprint density at radius 2 is 1.96 bits per heavy atom. The third-order valence-electron chi connectivity index (χ3n) is 3.38. The van der Waals surface area contributed by atoms with E-state index in [0.717, 1.165) is 17.0 Å². The van der Waals surface area contributed by atoms with Crippen LogP contribution in [0.1, 0.15) is 21.6 Å². The summed E-state index contributed by atoms with van der Waals surface area (Å²) in [5, 5.41) is 5.50. The Morgan fingerprint density at radius 3 is 2.59 bits per heavy atom. The first kappa shape index (κ1) is 18.5.